The van der Waals surface area contributed by atoms with Crippen LogP contribution in [0.1, 0.15) is 28.4 Å². The van der Waals surface area contributed by atoms with E-state index < -0.39 is 0 Å². The number of carbonyl (C=O) groups excluding carboxylic acids is 1. The van der Waals surface area contributed by atoms with Crippen LogP contribution in [-0.4, -0.2) is 36.1 Å². The minimum Gasteiger partial charge on any atom is -0.493 e. The number of amides is 1. The van der Waals surface area contributed by atoms with Crippen LogP contribution in [0.15, 0.2) is 73.3 Å². The van der Waals surface area contributed by atoms with Crippen LogP contribution in [0, 0.1) is 6.92 Å². The van der Waals surface area contributed by atoms with Crippen LogP contribution in [0.4, 0.5) is 17.3 Å². The van der Waals surface area contributed by atoms with E-state index in [4.69, 9.17) is 9.72 Å². The van der Waals surface area contributed by atoms with E-state index in [1.807, 2.05) is 66.3 Å². The number of ether oxygens (including phenoxy) is 1. The van der Waals surface area contributed by atoms with Gasteiger partial charge in [-0.1, -0.05) is 6.07 Å². The quantitative estimate of drug-likeness (QED) is 0.376. The number of fused-ring (bicyclic) bond motifs is 2. The van der Waals surface area contributed by atoms with Crippen molar-refractivity contribution in [2.45, 2.75) is 20.3 Å². The normalized spacial score (nSPS) is 12.7. The fourth-order valence-electron chi connectivity index (χ4n) is 4.52. The Balaban J connectivity index is 1.32. The average Bonchev–Trinajstić information content (AvgIpc) is 2.98. The van der Waals surface area contributed by atoms with Crippen molar-refractivity contribution in [2.75, 3.05) is 30.0 Å². The molecular formula is C29H30N5O2+. The van der Waals surface area contributed by atoms with Gasteiger partial charge in [-0.25, -0.2) is 14.5 Å². The van der Waals surface area contributed by atoms with Gasteiger partial charge in [-0.2, -0.15) is 0 Å². The van der Waals surface area contributed by atoms with Crippen LogP contribution in [0.3, 0.4) is 0 Å². The largest absolute Gasteiger partial charge is 0.493 e. The molecule has 0 fully saturated rings. The summed E-state index contributed by atoms with van der Waals surface area (Å²) in [4.78, 5) is 26.2. The maximum atomic E-state index is 13.3. The molecule has 36 heavy (non-hydrogen) atoms. The molecule has 0 bridgehead atoms. The van der Waals surface area contributed by atoms with Gasteiger partial charge < -0.3 is 14.5 Å². The molecule has 0 spiro atoms. The number of hydrogen-bond acceptors (Lipinski definition) is 5. The first-order valence-electron chi connectivity index (χ1n) is 12.1. The molecule has 0 atom stereocenters. The van der Waals surface area contributed by atoms with Crippen molar-refractivity contribution in [3.05, 3.63) is 90.0 Å². The number of nitrogens with zero attached hydrogens (tertiary/aromatic N) is 5. The second-order valence-electron chi connectivity index (χ2n) is 9.00. The Bertz CT molecular complexity index is 1420. The molecule has 5 rings (SSSR count). The van der Waals surface area contributed by atoms with E-state index >= 15 is 0 Å². The third-order valence-corrected chi connectivity index (χ3v) is 6.55. The van der Waals surface area contributed by atoms with Gasteiger partial charge in [-0.15, -0.1) is 0 Å². The summed E-state index contributed by atoms with van der Waals surface area (Å²) in [6.45, 7) is 5.24. The summed E-state index contributed by atoms with van der Waals surface area (Å²) in [7, 11) is 3.79. The van der Waals surface area contributed by atoms with E-state index in [1.165, 1.54) is 5.56 Å². The van der Waals surface area contributed by atoms with Gasteiger partial charge in [0.05, 0.1) is 17.9 Å². The van der Waals surface area contributed by atoms with Gasteiger partial charge in [0.25, 0.3) is 5.91 Å². The summed E-state index contributed by atoms with van der Waals surface area (Å²) in [6.07, 6.45) is 8.30. The zero-order chi connectivity index (χ0) is 25.2. The molecule has 0 saturated carbocycles. The maximum absolute atomic E-state index is 13.3. The summed E-state index contributed by atoms with van der Waals surface area (Å²) in [6, 6.07) is 16.2. The fraction of sp³-hybridized carbons (Fsp3) is 0.241. The molecule has 182 valence electrons. The SMILES string of the molecule is CCN1c2ncc(CCOc3ccc(-c4cc[n+](C)cc4)cc3C)cc2C(=O)N(C)c2cccnc21. The van der Waals surface area contributed by atoms with Crippen LogP contribution in [-0.2, 0) is 13.5 Å². The second kappa shape index (κ2) is 9.77. The van der Waals surface area contributed by atoms with Crippen LogP contribution < -0.4 is 19.1 Å². The summed E-state index contributed by atoms with van der Waals surface area (Å²) in [5, 5.41) is 0. The van der Waals surface area contributed by atoms with Gasteiger partial charge in [0.2, 0.25) is 0 Å². The van der Waals surface area contributed by atoms with Crippen molar-refractivity contribution in [3.63, 3.8) is 0 Å². The zero-order valence-corrected chi connectivity index (χ0v) is 21.1. The minimum absolute atomic E-state index is 0.0913. The van der Waals surface area contributed by atoms with Crippen molar-refractivity contribution < 1.29 is 14.1 Å². The topological polar surface area (TPSA) is 62.4 Å². The second-order valence-corrected chi connectivity index (χ2v) is 9.00. The van der Waals surface area contributed by atoms with Crippen molar-refractivity contribution in [2.24, 2.45) is 7.05 Å². The van der Waals surface area contributed by atoms with E-state index in [1.54, 1.807) is 18.1 Å². The Morgan fingerprint density at radius 1 is 1.00 bits per heavy atom. The van der Waals surface area contributed by atoms with E-state index in [2.05, 4.69) is 36.2 Å². The lowest BCUT2D eigenvalue weighted by atomic mass is 10.0. The number of anilines is 3. The lowest BCUT2D eigenvalue weighted by Gasteiger charge is -2.22. The van der Waals surface area contributed by atoms with Crippen LogP contribution in [0.25, 0.3) is 11.1 Å². The Morgan fingerprint density at radius 3 is 2.56 bits per heavy atom. The summed E-state index contributed by atoms with van der Waals surface area (Å²) in [5.74, 6) is 2.14. The van der Waals surface area contributed by atoms with Gasteiger partial charge in [0.15, 0.2) is 18.2 Å². The standard InChI is InChI=1S/C29H30N5O2/c1-5-34-27-24(29(35)33(4)25-7-6-13-30-28(25)34)18-21(19-31-27)12-16-36-26-9-8-23(17-20(26)2)22-10-14-32(3)15-11-22/h6-11,13-15,17-19H,5,12,16H2,1-4H3/q+1. The first kappa shape index (κ1) is 23.5. The molecule has 0 aliphatic carbocycles. The van der Waals surface area contributed by atoms with Gasteiger partial charge in [-0.3, -0.25) is 4.79 Å². The first-order chi connectivity index (χ1) is 17.5. The van der Waals surface area contributed by atoms with Crippen LogP contribution in [0.5, 0.6) is 5.75 Å². The summed E-state index contributed by atoms with van der Waals surface area (Å²) < 4.78 is 8.13. The van der Waals surface area contributed by atoms with Crippen molar-refractivity contribution in [1.82, 2.24) is 9.97 Å². The van der Waals surface area contributed by atoms with Crippen molar-refractivity contribution >= 4 is 23.2 Å². The molecule has 0 radical (unpaired) electrons. The molecule has 0 N–H and O–H groups in total. The number of benzene rings is 1. The summed E-state index contributed by atoms with van der Waals surface area (Å²) >= 11 is 0. The highest BCUT2D eigenvalue weighted by molar-refractivity contribution is 6.12. The third kappa shape index (κ3) is 4.40. The monoisotopic (exact) mass is 480 g/mol. The average molecular weight is 481 g/mol. The Labute approximate surface area is 211 Å². The van der Waals surface area contributed by atoms with E-state index in [9.17, 15) is 4.79 Å². The number of rotatable bonds is 6. The number of aromatic nitrogens is 3. The molecule has 0 saturated heterocycles. The Morgan fingerprint density at radius 2 is 1.81 bits per heavy atom. The molecular weight excluding hydrogens is 450 g/mol. The highest BCUT2D eigenvalue weighted by atomic mass is 16.5. The number of pyridine rings is 3. The van der Waals surface area contributed by atoms with E-state index in [0.29, 0.717) is 31.0 Å². The number of carbonyl (C=O) groups is 1. The molecule has 1 aliphatic rings. The van der Waals surface area contributed by atoms with Crippen LogP contribution in [0.2, 0.25) is 0 Å². The molecule has 1 aromatic carbocycles. The molecule has 3 aromatic heterocycles. The van der Waals surface area contributed by atoms with E-state index in [0.717, 1.165) is 33.9 Å². The van der Waals surface area contributed by atoms with Crippen molar-refractivity contribution in [3.8, 4) is 16.9 Å². The highest BCUT2D eigenvalue weighted by Crippen LogP contribution is 2.37. The van der Waals surface area contributed by atoms with E-state index in [-0.39, 0.29) is 5.91 Å². The molecule has 7 nitrogen and oxygen atoms in total. The predicted molar refractivity (Wildman–Crippen MR) is 141 cm³/mol. The van der Waals surface area contributed by atoms with Gasteiger partial charge >= 0.3 is 0 Å². The molecule has 4 aromatic rings. The lowest BCUT2D eigenvalue weighted by molar-refractivity contribution is -0.671. The molecule has 1 aliphatic heterocycles. The smallest absolute Gasteiger partial charge is 0.261 e. The Kier molecular flexibility index (Phi) is 6.38. The van der Waals surface area contributed by atoms with Crippen LogP contribution >= 0.6 is 0 Å². The zero-order valence-electron chi connectivity index (χ0n) is 21.1. The highest BCUT2D eigenvalue weighted by Gasteiger charge is 2.30. The first-order valence-corrected chi connectivity index (χ1v) is 12.1. The van der Waals surface area contributed by atoms with Crippen molar-refractivity contribution in [1.29, 1.82) is 0 Å². The molecule has 1 amide bonds. The number of hydrogen-bond donors (Lipinski definition) is 0. The van der Waals surface area contributed by atoms with Gasteiger partial charge in [-0.05, 0) is 66.4 Å². The molecule has 7 heteroatoms. The fourth-order valence-corrected chi connectivity index (χ4v) is 4.52. The maximum Gasteiger partial charge on any atom is 0.261 e. The lowest BCUT2D eigenvalue weighted by Crippen LogP contribution is -2.25. The van der Waals surface area contributed by atoms with Gasteiger partial charge in [0.1, 0.15) is 18.6 Å². The Hall–Kier alpha value is -4.26. The minimum atomic E-state index is -0.0913. The van der Waals surface area contributed by atoms with Gasteiger partial charge in [0, 0.05) is 44.5 Å². The summed E-state index contributed by atoms with van der Waals surface area (Å²) in [5.41, 5.74) is 5.72. The molecule has 4 heterocycles. The number of aryl methyl sites for hydroxylation is 2. The predicted octanol–water partition coefficient (Wildman–Crippen LogP) is 4.65. The third-order valence-electron chi connectivity index (χ3n) is 6.55. The molecule has 0 unspecified atom stereocenters.